The molecular weight excluding hydrogens is 362 g/mol. The molecule has 1 aromatic rings. The molecule has 0 radical (unpaired) electrons. The van der Waals surface area contributed by atoms with Gasteiger partial charge in [0.2, 0.25) is 17.7 Å². The normalized spacial score (nSPS) is 14.6. The standard InChI is InChI=1S/C16H20BrN3O3/c1-11-3-4-14(13(17)9-11)18-15(22)10-16(23)20-7-5-19(6-8-20)12(2)21/h3-4,9H,5-8,10H2,1-2H3,(H,18,22). The fourth-order valence-electron chi connectivity index (χ4n) is 2.44. The van der Waals surface area contributed by atoms with Crippen molar-refractivity contribution < 1.29 is 14.4 Å². The minimum absolute atomic E-state index is 0.0130. The molecule has 0 atom stereocenters. The van der Waals surface area contributed by atoms with E-state index in [0.29, 0.717) is 31.9 Å². The summed E-state index contributed by atoms with van der Waals surface area (Å²) in [6.07, 6.45) is -0.194. The van der Waals surface area contributed by atoms with Crippen LogP contribution in [0.4, 0.5) is 5.69 Å². The Bertz CT molecular complexity index is 625. The van der Waals surface area contributed by atoms with Crippen LogP contribution >= 0.6 is 15.9 Å². The second-order valence-corrected chi connectivity index (χ2v) is 6.45. The number of amides is 3. The van der Waals surface area contributed by atoms with Crippen molar-refractivity contribution in [3.8, 4) is 0 Å². The SMILES string of the molecule is CC(=O)N1CCN(C(=O)CC(=O)Nc2ccc(C)cc2Br)CC1. The molecule has 0 aromatic heterocycles. The quantitative estimate of drug-likeness (QED) is 0.811. The predicted molar refractivity (Wildman–Crippen MR) is 91.0 cm³/mol. The van der Waals surface area contributed by atoms with E-state index in [4.69, 9.17) is 0 Å². The molecule has 1 N–H and O–H groups in total. The lowest BCUT2D eigenvalue weighted by Gasteiger charge is -2.34. The van der Waals surface area contributed by atoms with Gasteiger partial charge in [0.25, 0.3) is 0 Å². The number of carbonyl (C=O) groups is 3. The molecule has 1 heterocycles. The van der Waals surface area contributed by atoms with Crippen molar-refractivity contribution in [1.29, 1.82) is 0 Å². The highest BCUT2D eigenvalue weighted by Crippen LogP contribution is 2.23. The van der Waals surface area contributed by atoms with Crippen molar-refractivity contribution in [1.82, 2.24) is 9.80 Å². The number of anilines is 1. The maximum Gasteiger partial charge on any atom is 0.233 e. The lowest BCUT2D eigenvalue weighted by atomic mass is 10.2. The maximum absolute atomic E-state index is 12.2. The van der Waals surface area contributed by atoms with Gasteiger partial charge in [0.15, 0.2) is 0 Å². The van der Waals surface area contributed by atoms with Crippen molar-refractivity contribution in [3.05, 3.63) is 28.2 Å². The van der Waals surface area contributed by atoms with Crippen molar-refractivity contribution in [2.75, 3.05) is 31.5 Å². The Kier molecular flexibility index (Phi) is 5.76. The van der Waals surface area contributed by atoms with Crippen LogP contribution in [0, 0.1) is 6.92 Å². The molecule has 1 aromatic carbocycles. The number of piperazine rings is 1. The van der Waals surface area contributed by atoms with Crippen LogP contribution in [0.25, 0.3) is 0 Å². The first-order valence-corrected chi connectivity index (χ1v) is 8.25. The van der Waals surface area contributed by atoms with Gasteiger partial charge in [0, 0.05) is 37.6 Å². The van der Waals surface area contributed by atoms with Gasteiger partial charge in [-0.1, -0.05) is 6.07 Å². The van der Waals surface area contributed by atoms with Gasteiger partial charge >= 0.3 is 0 Å². The van der Waals surface area contributed by atoms with Crippen molar-refractivity contribution in [2.45, 2.75) is 20.3 Å². The summed E-state index contributed by atoms with van der Waals surface area (Å²) in [6, 6.07) is 5.59. The molecule has 1 aliphatic rings. The van der Waals surface area contributed by atoms with E-state index in [9.17, 15) is 14.4 Å². The molecule has 2 rings (SSSR count). The number of nitrogens with one attached hydrogen (secondary N) is 1. The highest BCUT2D eigenvalue weighted by atomic mass is 79.9. The average molecular weight is 382 g/mol. The van der Waals surface area contributed by atoms with Crippen LogP contribution < -0.4 is 5.32 Å². The first-order chi connectivity index (χ1) is 10.9. The van der Waals surface area contributed by atoms with Gasteiger partial charge in [-0.2, -0.15) is 0 Å². The summed E-state index contributed by atoms with van der Waals surface area (Å²) in [5, 5.41) is 2.74. The van der Waals surface area contributed by atoms with Gasteiger partial charge in [-0.05, 0) is 40.5 Å². The Morgan fingerprint density at radius 3 is 2.30 bits per heavy atom. The largest absolute Gasteiger partial charge is 0.339 e. The van der Waals surface area contributed by atoms with Crippen LogP contribution in [0.5, 0.6) is 0 Å². The van der Waals surface area contributed by atoms with E-state index in [1.807, 2.05) is 19.1 Å². The number of hydrogen-bond donors (Lipinski definition) is 1. The highest BCUT2D eigenvalue weighted by Gasteiger charge is 2.23. The predicted octanol–water partition coefficient (Wildman–Crippen LogP) is 1.78. The fourth-order valence-corrected chi connectivity index (χ4v) is 3.03. The fraction of sp³-hybridized carbons (Fsp3) is 0.438. The Labute approximate surface area is 143 Å². The molecule has 23 heavy (non-hydrogen) atoms. The minimum Gasteiger partial charge on any atom is -0.339 e. The zero-order valence-corrected chi connectivity index (χ0v) is 14.9. The topological polar surface area (TPSA) is 69.7 Å². The zero-order chi connectivity index (χ0) is 17.0. The molecule has 0 unspecified atom stereocenters. The molecule has 0 bridgehead atoms. The Morgan fingerprint density at radius 1 is 1.13 bits per heavy atom. The van der Waals surface area contributed by atoms with Gasteiger partial charge in [0.05, 0.1) is 5.69 Å². The van der Waals surface area contributed by atoms with Gasteiger partial charge in [-0.3, -0.25) is 14.4 Å². The van der Waals surface area contributed by atoms with E-state index in [2.05, 4.69) is 21.2 Å². The lowest BCUT2D eigenvalue weighted by molar-refractivity contribution is -0.140. The van der Waals surface area contributed by atoms with Crippen molar-refractivity contribution in [3.63, 3.8) is 0 Å². The van der Waals surface area contributed by atoms with Crippen LogP contribution in [0.3, 0.4) is 0 Å². The van der Waals surface area contributed by atoms with E-state index >= 15 is 0 Å². The number of rotatable bonds is 3. The molecule has 1 saturated heterocycles. The Hall–Kier alpha value is -1.89. The summed E-state index contributed by atoms with van der Waals surface area (Å²) < 4.78 is 0.786. The zero-order valence-electron chi connectivity index (χ0n) is 13.3. The number of aryl methyl sites for hydroxylation is 1. The second-order valence-electron chi connectivity index (χ2n) is 5.60. The molecule has 0 aliphatic carbocycles. The number of hydrogen-bond acceptors (Lipinski definition) is 3. The highest BCUT2D eigenvalue weighted by molar-refractivity contribution is 9.10. The first-order valence-electron chi connectivity index (χ1n) is 7.46. The smallest absolute Gasteiger partial charge is 0.233 e. The third kappa shape index (κ3) is 4.79. The van der Waals surface area contributed by atoms with E-state index in [0.717, 1.165) is 10.0 Å². The summed E-state index contributed by atoms with van der Waals surface area (Å²) in [6.45, 7) is 5.46. The summed E-state index contributed by atoms with van der Waals surface area (Å²) in [5.74, 6) is -0.540. The van der Waals surface area contributed by atoms with E-state index in [1.54, 1.807) is 15.9 Å². The summed E-state index contributed by atoms with van der Waals surface area (Å²) in [5.41, 5.74) is 1.73. The summed E-state index contributed by atoms with van der Waals surface area (Å²) in [7, 11) is 0. The van der Waals surface area contributed by atoms with Gasteiger partial charge < -0.3 is 15.1 Å². The van der Waals surface area contributed by atoms with Crippen LogP contribution in [-0.2, 0) is 14.4 Å². The van der Waals surface area contributed by atoms with E-state index in [1.165, 1.54) is 6.92 Å². The van der Waals surface area contributed by atoms with Crippen LogP contribution in [0.15, 0.2) is 22.7 Å². The Morgan fingerprint density at radius 2 is 1.74 bits per heavy atom. The average Bonchev–Trinajstić information content (AvgIpc) is 2.50. The van der Waals surface area contributed by atoms with Crippen molar-refractivity contribution in [2.24, 2.45) is 0 Å². The number of halogens is 1. The minimum atomic E-state index is -0.339. The third-order valence-corrected chi connectivity index (χ3v) is 4.44. The number of carbonyl (C=O) groups excluding carboxylic acids is 3. The monoisotopic (exact) mass is 381 g/mol. The first kappa shape index (κ1) is 17.5. The van der Waals surface area contributed by atoms with E-state index in [-0.39, 0.29) is 24.1 Å². The molecule has 7 heteroatoms. The van der Waals surface area contributed by atoms with Crippen LogP contribution in [0.1, 0.15) is 18.9 Å². The molecule has 0 saturated carbocycles. The second kappa shape index (κ2) is 7.59. The number of benzene rings is 1. The van der Waals surface area contributed by atoms with Crippen molar-refractivity contribution >= 4 is 39.3 Å². The summed E-state index contributed by atoms with van der Waals surface area (Å²) >= 11 is 3.39. The number of nitrogens with zero attached hydrogens (tertiary/aromatic N) is 2. The molecule has 1 aliphatic heterocycles. The van der Waals surface area contributed by atoms with E-state index < -0.39 is 0 Å². The maximum atomic E-state index is 12.2. The van der Waals surface area contributed by atoms with Crippen LogP contribution in [-0.4, -0.2) is 53.7 Å². The Balaban J connectivity index is 1.85. The lowest BCUT2D eigenvalue weighted by Crippen LogP contribution is -2.50. The molecule has 1 fully saturated rings. The third-order valence-electron chi connectivity index (χ3n) is 3.79. The van der Waals surface area contributed by atoms with Crippen LogP contribution in [0.2, 0.25) is 0 Å². The molecular formula is C16H20BrN3O3. The molecule has 3 amide bonds. The molecule has 6 nitrogen and oxygen atoms in total. The summed E-state index contributed by atoms with van der Waals surface area (Å²) in [4.78, 5) is 38.8. The molecule has 124 valence electrons. The van der Waals surface area contributed by atoms with Gasteiger partial charge in [0.1, 0.15) is 6.42 Å². The van der Waals surface area contributed by atoms with Gasteiger partial charge in [-0.15, -0.1) is 0 Å². The van der Waals surface area contributed by atoms with Gasteiger partial charge in [-0.25, -0.2) is 0 Å². The molecule has 0 spiro atoms.